The van der Waals surface area contributed by atoms with Crippen molar-refractivity contribution in [1.82, 2.24) is 5.32 Å². The van der Waals surface area contributed by atoms with Crippen molar-refractivity contribution in [3.63, 3.8) is 0 Å². The Morgan fingerprint density at radius 3 is 2.62 bits per heavy atom. The van der Waals surface area contributed by atoms with Crippen molar-refractivity contribution in [3.8, 4) is 0 Å². The summed E-state index contributed by atoms with van der Waals surface area (Å²) in [5.41, 5.74) is 1.20. The zero-order valence-electron chi connectivity index (χ0n) is 9.44. The van der Waals surface area contributed by atoms with Crippen LogP contribution in [0.4, 0.5) is 0 Å². The quantitative estimate of drug-likeness (QED) is 0.742. The van der Waals surface area contributed by atoms with E-state index < -0.39 is 6.10 Å². The molecule has 0 saturated carbocycles. The summed E-state index contributed by atoms with van der Waals surface area (Å²) in [4.78, 5) is 11.4. The predicted octanol–water partition coefficient (Wildman–Crippen LogP) is 1.80. The second-order valence-electron chi connectivity index (χ2n) is 3.59. The highest BCUT2D eigenvalue weighted by Crippen LogP contribution is 2.19. The lowest BCUT2D eigenvalue weighted by Gasteiger charge is -2.12. The maximum atomic E-state index is 11.4. The molecule has 1 atom stereocenters. The Kier molecular flexibility index (Phi) is 4.73. The Labute approximate surface area is 95.8 Å². The molecule has 1 amide bonds. The van der Waals surface area contributed by atoms with Gasteiger partial charge < -0.3 is 10.4 Å². The smallest absolute Gasteiger partial charge is 0.246 e. The monoisotopic (exact) mass is 219 g/mol. The molecule has 1 aromatic carbocycles. The van der Waals surface area contributed by atoms with Gasteiger partial charge in [0.25, 0.3) is 0 Å². The van der Waals surface area contributed by atoms with Gasteiger partial charge in [-0.2, -0.15) is 0 Å². The van der Waals surface area contributed by atoms with Crippen LogP contribution >= 0.6 is 0 Å². The summed E-state index contributed by atoms with van der Waals surface area (Å²) in [5, 5.41) is 12.5. The van der Waals surface area contributed by atoms with Crippen LogP contribution in [-0.2, 0) is 4.79 Å². The molecule has 0 aliphatic carbocycles. The van der Waals surface area contributed by atoms with Crippen LogP contribution in [0.2, 0.25) is 0 Å². The fourth-order valence-electron chi connectivity index (χ4n) is 1.40. The molecule has 0 spiro atoms. The van der Waals surface area contributed by atoms with E-state index in [2.05, 4.69) is 11.9 Å². The minimum Gasteiger partial charge on any atom is -0.388 e. The molecule has 0 saturated heterocycles. The minimum absolute atomic E-state index is 0.197. The topological polar surface area (TPSA) is 49.3 Å². The average molecular weight is 219 g/mol. The molecule has 0 fully saturated rings. The highest BCUT2D eigenvalue weighted by atomic mass is 16.3. The van der Waals surface area contributed by atoms with Gasteiger partial charge >= 0.3 is 0 Å². The predicted molar refractivity (Wildman–Crippen MR) is 63.8 cm³/mol. The van der Waals surface area contributed by atoms with Crippen molar-refractivity contribution >= 4 is 5.91 Å². The number of rotatable bonds is 5. The fourth-order valence-corrected chi connectivity index (χ4v) is 1.40. The number of hydrogen-bond acceptors (Lipinski definition) is 2. The van der Waals surface area contributed by atoms with Crippen LogP contribution in [0.3, 0.4) is 0 Å². The Balaban J connectivity index is 2.55. The van der Waals surface area contributed by atoms with Crippen LogP contribution in [0.25, 0.3) is 0 Å². The second-order valence-corrected chi connectivity index (χ2v) is 3.59. The highest BCUT2D eigenvalue weighted by Gasteiger charge is 2.13. The molecule has 0 unspecified atom stereocenters. The van der Waals surface area contributed by atoms with E-state index in [9.17, 15) is 9.90 Å². The SMILES string of the molecule is C=C(C[C@H](O)c1ccccc1)C(=O)NCC. The van der Waals surface area contributed by atoms with E-state index in [4.69, 9.17) is 0 Å². The lowest BCUT2D eigenvalue weighted by Crippen LogP contribution is -2.24. The van der Waals surface area contributed by atoms with Gasteiger partial charge in [-0.05, 0) is 12.5 Å². The number of nitrogens with one attached hydrogen (secondary N) is 1. The Bertz CT molecular complexity index is 359. The summed E-state index contributed by atoms with van der Waals surface area (Å²) in [6.45, 7) is 6.08. The number of carbonyl (C=O) groups is 1. The zero-order chi connectivity index (χ0) is 12.0. The van der Waals surface area contributed by atoms with Gasteiger partial charge in [0.1, 0.15) is 0 Å². The van der Waals surface area contributed by atoms with Gasteiger partial charge in [-0.3, -0.25) is 4.79 Å². The molecular weight excluding hydrogens is 202 g/mol. The number of carbonyl (C=O) groups excluding carboxylic acids is 1. The third kappa shape index (κ3) is 3.51. The largest absolute Gasteiger partial charge is 0.388 e. The van der Waals surface area contributed by atoms with Gasteiger partial charge in [0.15, 0.2) is 0 Å². The van der Waals surface area contributed by atoms with Crippen molar-refractivity contribution in [3.05, 3.63) is 48.0 Å². The summed E-state index contributed by atoms with van der Waals surface area (Å²) < 4.78 is 0. The molecule has 16 heavy (non-hydrogen) atoms. The van der Waals surface area contributed by atoms with Gasteiger partial charge in [0.2, 0.25) is 5.91 Å². The van der Waals surface area contributed by atoms with Crippen LogP contribution in [0.5, 0.6) is 0 Å². The lowest BCUT2D eigenvalue weighted by molar-refractivity contribution is -0.117. The molecular formula is C13H17NO2. The van der Waals surface area contributed by atoms with Crippen molar-refractivity contribution < 1.29 is 9.90 Å². The second kappa shape index (κ2) is 6.08. The molecule has 1 aromatic rings. The van der Waals surface area contributed by atoms with Crippen LogP contribution in [-0.4, -0.2) is 17.6 Å². The Hall–Kier alpha value is -1.61. The number of aliphatic hydroxyl groups is 1. The number of likely N-dealkylation sites (N-methyl/N-ethyl adjacent to an activating group) is 1. The molecule has 0 aromatic heterocycles. The third-order valence-electron chi connectivity index (χ3n) is 2.28. The first-order valence-corrected chi connectivity index (χ1v) is 5.34. The summed E-state index contributed by atoms with van der Waals surface area (Å²) >= 11 is 0. The van der Waals surface area contributed by atoms with Crippen LogP contribution in [0.1, 0.15) is 25.0 Å². The van der Waals surface area contributed by atoms with Gasteiger partial charge in [0, 0.05) is 18.5 Å². The first-order valence-electron chi connectivity index (χ1n) is 5.34. The van der Waals surface area contributed by atoms with Crippen molar-refractivity contribution in [2.24, 2.45) is 0 Å². The first kappa shape index (κ1) is 12.5. The van der Waals surface area contributed by atoms with Crippen molar-refractivity contribution in [2.75, 3.05) is 6.54 Å². The van der Waals surface area contributed by atoms with Crippen LogP contribution < -0.4 is 5.32 Å². The highest BCUT2D eigenvalue weighted by molar-refractivity contribution is 5.92. The third-order valence-corrected chi connectivity index (χ3v) is 2.28. The molecule has 0 aliphatic heterocycles. The summed E-state index contributed by atoms with van der Waals surface area (Å²) in [6.07, 6.45) is -0.410. The van der Waals surface area contributed by atoms with Crippen LogP contribution in [0, 0.1) is 0 Å². The zero-order valence-corrected chi connectivity index (χ0v) is 9.44. The molecule has 2 N–H and O–H groups in total. The number of amides is 1. The molecule has 0 heterocycles. The number of benzene rings is 1. The molecule has 1 rings (SSSR count). The summed E-state index contributed by atoms with van der Waals surface area (Å²) in [6, 6.07) is 9.25. The van der Waals surface area contributed by atoms with Gasteiger partial charge in [0.05, 0.1) is 6.10 Å². The van der Waals surface area contributed by atoms with Gasteiger partial charge in [-0.25, -0.2) is 0 Å². The molecule has 86 valence electrons. The van der Waals surface area contributed by atoms with E-state index in [-0.39, 0.29) is 12.3 Å². The van der Waals surface area contributed by atoms with Gasteiger partial charge in [-0.15, -0.1) is 0 Å². The molecule has 3 nitrogen and oxygen atoms in total. The molecule has 0 radical (unpaired) electrons. The van der Waals surface area contributed by atoms with Crippen molar-refractivity contribution in [2.45, 2.75) is 19.4 Å². The average Bonchev–Trinajstić information content (AvgIpc) is 2.30. The van der Waals surface area contributed by atoms with E-state index in [1.807, 2.05) is 37.3 Å². The van der Waals surface area contributed by atoms with E-state index in [0.717, 1.165) is 5.56 Å². The van der Waals surface area contributed by atoms with Crippen molar-refractivity contribution in [1.29, 1.82) is 0 Å². The van der Waals surface area contributed by atoms with Crippen LogP contribution in [0.15, 0.2) is 42.5 Å². The Morgan fingerprint density at radius 1 is 1.44 bits per heavy atom. The minimum atomic E-state index is -0.670. The maximum absolute atomic E-state index is 11.4. The maximum Gasteiger partial charge on any atom is 0.246 e. The standard InChI is InChI=1S/C13H17NO2/c1-3-14-13(16)10(2)9-12(15)11-7-5-4-6-8-11/h4-8,12,15H,2-3,9H2,1H3,(H,14,16)/t12-/m0/s1. The van der Waals surface area contributed by atoms with E-state index in [0.29, 0.717) is 12.1 Å². The normalized spacial score (nSPS) is 11.9. The summed E-state index contributed by atoms with van der Waals surface area (Å²) in [5.74, 6) is -0.197. The molecule has 0 bridgehead atoms. The number of hydrogen-bond donors (Lipinski definition) is 2. The summed E-state index contributed by atoms with van der Waals surface area (Å²) in [7, 11) is 0. The van der Waals surface area contributed by atoms with E-state index >= 15 is 0 Å². The van der Waals surface area contributed by atoms with E-state index in [1.54, 1.807) is 0 Å². The fraction of sp³-hybridized carbons (Fsp3) is 0.308. The van der Waals surface area contributed by atoms with Gasteiger partial charge in [-0.1, -0.05) is 36.9 Å². The molecule has 0 aliphatic rings. The Morgan fingerprint density at radius 2 is 2.06 bits per heavy atom. The first-order chi connectivity index (χ1) is 7.65. The molecule has 3 heteroatoms. The lowest BCUT2D eigenvalue weighted by atomic mass is 10.0. The van der Waals surface area contributed by atoms with E-state index in [1.165, 1.54) is 0 Å². The number of aliphatic hydroxyl groups excluding tert-OH is 1.